The summed E-state index contributed by atoms with van der Waals surface area (Å²) in [6, 6.07) is 10.2. The lowest BCUT2D eigenvalue weighted by molar-refractivity contribution is 0.279. The van der Waals surface area contributed by atoms with Crippen LogP contribution in [-0.4, -0.2) is 22.0 Å². The molecule has 0 radical (unpaired) electrons. The highest BCUT2D eigenvalue weighted by Gasteiger charge is 2.13. The Balaban J connectivity index is 1.75. The van der Waals surface area contributed by atoms with E-state index in [1.54, 1.807) is 30.0 Å². The molecular weight excluding hydrogens is 459 g/mol. The third kappa shape index (κ3) is 5.16. The van der Waals surface area contributed by atoms with E-state index in [1.807, 2.05) is 12.1 Å². The molecule has 154 valence electrons. The van der Waals surface area contributed by atoms with Crippen LogP contribution in [0.5, 0.6) is 11.5 Å². The van der Waals surface area contributed by atoms with Crippen LogP contribution in [0.4, 0.5) is 4.39 Å². The van der Waals surface area contributed by atoms with Crippen molar-refractivity contribution in [2.24, 2.45) is 0 Å². The SMILES string of the molecule is CCCc1n[nH]c(=S)n1NCc1cc(OC)c(OCc2ccccc2F)cc1Br. The Hall–Kier alpha value is -2.39. The van der Waals surface area contributed by atoms with Gasteiger partial charge in [-0.25, -0.2) is 9.07 Å². The maximum absolute atomic E-state index is 13.8. The quantitative estimate of drug-likeness (QED) is 0.415. The summed E-state index contributed by atoms with van der Waals surface area (Å²) in [7, 11) is 1.57. The van der Waals surface area contributed by atoms with Crippen LogP contribution >= 0.6 is 28.1 Å². The third-order valence-corrected chi connectivity index (χ3v) is 5.33. The summed E-state index contributed by atoms with van der Waals surface area (Å²) in [4.78, 5) is 0. The smallest absolute Gasteiger partial charge is 0.214 e. The predicted molar refractivity (Wildman–Crippen MR) is 116 cm³/mol. The Labute approximate surface area is 182 Å². The fourth-order valence-corrected chi connectivity index (χ4v) is 3.48. The zero-order valence-corrected chi connectivity index (χ0v) is 18.6. The molecule has 0 aliphatic carbocycles. The highest BCUT2D eigenvalue weighted by atomic mass is 79.9. The van der Waals surface area contributed by atoms with Gasteiger partial charge in [-0.1, -0.05) is 41.1 Å². The van der Waals surface area contributed by atoms with E-state index in [2.05, 4.69) is 38.5 Å². The second kappa shape index (κ2) is 9.89. The summed E-state index contributed by atoms with van der Waals surface area (Å²) in [6.07, 6.45) is 1.78. The molecule has 0 aliphatic heterocycles. The molecule has 1 heterocycles. The van der Waals surface area contributed by atoms with Gasteiger partial charge in [-0.3, -0.25) is 5.10 Å². The van der Waals surface area contributed by atoms with Crippen molar-refractivity contribution in [1.29, 1.82) is 0 Å². The fourth-order valence-electron chi connectivity index (χ4n) is 2.80. The topological polar surface area (TPSA) is 64.1 Å². The first-order valence-corrected chi connectivity index (χ1v) is 10.4. The summed E-state index contributed by atoms with van der Waals surface area (Å²) in [5, 5.41) is 7.05. The zero-order chi connectivity index (χ0) is 20.8. The number of halogens is 2. The number of nitrogens with one attached hydrogen (secondary N) is 2. The average Bonchev–Trinajstić information content (AvgIpc) is 3.06. The first-order valence-electron chi connectivity index (χ1n) is 9.16. The highest BCUT2D eigenvalue weighted by molar-refractivity contribution is 9.10. The molecule has 2 N–H and O–H groups in total. The van der Waals surface area contributed by atoms with Crippen molar-refractivity contribution in [2.75, 3.05) is 12.5 Å². The Morgan fingerprint density at radius 3 is 2.76 bits per heavy atom. The van der Waals surface area contributed by atoms with Crippen LogP contribution in [0.3, 0.4) is 0 Å². The van der Waals surface area contributed by atoms with Crippen LogP contribution in [0.25, 0.3) is 0 Å². The molecular formula is C20H22BrFN4O2S. The normalized spacial score (nSPS) is 10.8. The van der Waals surface area contributed by atoms with Gasteiger partial charge < -0.3 is 14.9 Å². The van der Waals surface area contributed by atoms with Crippen LogP contribution in [0, 0.1) is 10.6 Å². The fraction of sp³-hybridized carbons (Fsp3) is 0.300. The van der Waals surface area contributed by atoms with Gasteiger partial charge >= 0.3 is 0 Å². The predicted octanol–water partition coefficient (Wildman–Crippen LogP) is 5.13. The lowest BCUT2D eigenvalue weighted by atomic mass is 10.2. The molecule has 0 unspecified atom stereocenters. The number of aromatic amines is 1. The molecule has 0 bridgehead atoms. The third-order valence-electron chi connectivity index (χ3n) is 4.32. The van der Waals surface area contributed by atoms with E-state index in [4.69, 9.17) is 21.7 Å². The van der Waals surface area contributed by atoms with E-state index in [-0.39, 0.29) is 12.4 Å². The minimum atomic E-state index is -0.300. The summed E-state index contributed by atoms with van der Waals surface area (Å²) in [5.41, 5.74) is 4.71. The molecule has 0 amide bonds. The summed E-state index contributed by atoms with van der Waals surface area (Å²) >= 11 is 8.87. The summed E-state index contributed by atoms with van der Waals surface area (Å²) in [5.74, 6) is 1.64. The van der Waals surface area contributed by atoms with Crippen LogP contribution in [0.2, 0.25) is 0 Å². The molecule has 0 aliphatic rings. The molecule has 0 spiro atoms. The van der Waals surface area contributed by atoms with Crippen LogP contribution in [0.15, 0.2) is 40.9 Å². The van der Waals surface area contributed by atoms with Gasteiger partial charge in [0.2, 0.25) is 4.77 Å². The number of rotatable bonds is 9. The number of nitrogens with zero attached hydrogens (tertiary/aromatic N) is 2. The van der Waals surface area contributed by atoms with Crippen LogP contribution < -0.4 is 14.9 Å². The van der Waals surface area contributed by atoms with E-state index < -0.39 is 0 Å². The lowest BCUT2D eigenvalue weighted by Gasteiger charge is -2.16. The second-order valence-corrected chi connectivity index (χ2v) is 7.58. The Kier molecular flexibility index (Phi) is 7.27. The van der Waals surface area contributed by atoms with Crippen molar-refractivity contribution in [3.63, 3.8) is 0 Å². The number of hydrogen-bond acceptors (Lipinski definition) is 5. The molecule has 0 atom stereocenters. The van der Waals surface area contributed by atoms with Gasteiger partial charge in [0, 0.05) is 16.5 Å². The van der Waals surface area contributed by atoms with E-state index in [9.17, 15) is 4.39 Å². The van der Waals surface area contributed by atoms with Crippen LogP contribution in [-0.2, 0) is 19.6 Å². The molecule has 1 aromatic heterocycles. The van der Waals surface area contributed by atoms with Gasteiger partial charge in [-0.05, 0) is 42.4 Å². The van der Waals surface area contributed by atoms with Crippen molar-refractivity contribution < 1.29 is 13.9 Å². The summed E-state index contributed by atoms with van der Waals surface area (Å²) < 4.78 is 28.2. The van der Waals surface area contributed by atoms with Gasteiger partial charge in [-0.15, -0.1) is 0 Å². The van der Waals surface area contributed by atoms with Crippen molar-refractivity contribution in [2.45, 2.75) is 32.9 Å². The van der Waals surface area contributed by atoms with E-state index in [1.165, 1.54) is 6.07 Å². The van der Waals surface area contributed by atoms with Crippen LogP contribution in [0.1, 0.15) is 30.3 Å². The van der Waals surface area contributed by atoms with Gasteiger partial charge in [0.1, 0.15) is 12.4 Å². The standard InChI is InChI=1S/C20H22BrFN4O2S/c1-3-6-19-24-25-20(29)26(19)23-11-14-9-17(27-2)18(10-15(14)21)28-12-13-7-4-5-8-16(13)22/h4-5,7-10,23H,3,6,11-12H2,1-2H3,(H,25,29). The number of methoxy groups -OCH3 is 1. The molecule has 6 nitrogen and oxygen atoms in total. The number of aryl methyl sites for hydroxylation is 1. The number of H-pyrrole nitrogens is 1. The largest absolute Gasteiger partial charge is 0.493 e. The molecule has 29 heavy (non-hydrogen) atoms. The van der Waals surface area contributed by atoms with Crippen molar-refractivity contribution >= 4 is 28.1 Å². The van der Waals surface area contributed by atoms with Crippen molar-refractivity contribution in [1.82, 2.24) is 14.9 Å². The lowest BCUT2D eigenvalue weighted by Crippen LogP contribution is -2.18. The molecule has 0 saturated heterocycles. The molecule has 3 rings (SSSR count). The number of benzene rings is 2. The first kappa shape index (κ1) is 21.3. The first-order chi connectivity index (χ1) is 14.0. The van der Waals surface area contributed by atoms with Gasteiger partial charge in [0.25, 0.3) is 0 Å². The Morgan fingerprint density at radius 1 is 1.24 bits per heavy atom. The Bertz CT molecular complexity index is 1040. The number of ether oxygens (including phenoxy) is 2. The van der Waals surface area contributed by atoms with Crippen molar-refractivity contribution in [3.05, 3.63) is 68.4 Å². The molecule has 3 aromatic rings. The molecule has 0 fully saturated rings. The zero-order valence-electron chi connectivity index (χ0n) is 16.2. The minimum Gasteiger partial charge on any atom is -0.493 e. The maximum atomic E-state index is 13.8. The minimum absolute atomic E-state index is 0.109. The molecule has 0 saturated carbocycles. The number of hydrogen-bond donors (Lipinski definition) is 2. The van der Waals surface area contributed by atoms with E-state index >= 15 is 0 Å². The van der Waals surface area contributed by atoms with Gasteiger partial charge in [0.15, 0.2) is 17.3 Å². The second-order valence-electron chi connectivity index (χ2n) is 6.34. The van der Waals surface area contributed by atoms with Crippen molar-refractivity contribution in [3.8, 4) is 11.5 Å². The van der Waals surface area contributed by atoms with Gasteiger partial charge in [-0.2, -0.15) is 5.10 Å². The molecule has 2 aromatic carbocycles. The number of aromatic nitrogens is 3. The maximum Gasteiger partial charge on any atom is 0.214 e. The molecule has 9 heteroatoms. The highest BCUT2D eigenvalue weighted by Crippen LogP contribution is 2.34. The van der Waals surface area contributed by atoms with E-state index in [0.29, 0.717) is 28.4 Å². The Morgan fingerprint density at radius 2 is 2.03 bits per heavy atom. The average molecular weight is 481 g/mol. The summed E-state index contributed by atoms with van der Waals surface area (Å²) in [6.45, 7) is 2.69. The monoisotopic (exact) mass is 480 g/mol. The van der Waals surface area contributed by atoms with E-state index in [0.717, 1.165) is 28.7 Å². The van der Waals surface area contributed by atoms with Gasteiger partial charge in [0.05, 0.1) is 13.7 Å².